The summed E-state index contributed by atoms with van der Waals surface area (Å²) in [7, 11) is 0. The third kappa shape index (κ3) is 2.99. The predicted octanol–water partition coefficient (Wildman–Crippen LogP) is 1.46. The van der Waals surface area contributed by atoms with E-state index in [2.05, 4.69) is 42.3 Å². The molecule has 2 N–H and O–H groups in total. The zero-order chi connectivity index (χ0) is 12.3. The molecule has 1 atom stereocenters. The minimum Gasteiger partial charge on any atom is -0.394 e. The summed E-state index contributed by atoms with van der Waals surface area (Å²) in [5.74, 6) is 0. The fourth-order valence-corrected chi connectivity index (χ4v) is 2.56. The monoisotopic (exact) mass is 234 g/mol. The molecule has 1 aliphatic rings. The lowest BCUT2D eigenvalue weighted by Gasteiger charge is -2.31. The number of rotatable bonds is 2. The van der Waals surface area contributed by atoms with E-state index in [0.29, 0.717) is 0 Å². The lowest BCUT2D eigenvalue weighted by Crippen LogP contribution is -2.42. The molecule has 94 valence electrons. The van der Waals surface area contributed by atoms with E-state index in [1.165, 1.54) is 16.8 Å². The van der Waals surface area contributed by atoms with E-state index in [-0.39, 0.29) is 12.6 Å². The van der Waals surface area contributed by atoms with Crippen LogP contribution in [-0.2, 0) is 0 Å². The van der Waals surface area contributed by atoms with Crippen molar-refractivity contribution in [3.05, 3.63) is 29.3 Å². The molecule has 0 aromatic heterocycles. The summed E-state index contributed by atoms with van der Waals surface area (Å²) in [6, 6.07) is 6.80. The topological polar surface area (TPSA) is 35.5 Å². The zero-order valence-electron chi connectivity index (χ0n) is 10.7. The Morgan fingerprint density at radius 1 is 1.29 bits per heavy atom. The Balaban J connectivity index is 2.27. The highest BCUT2D eigenvalue weighted by molar-refractivity contribution is 5.52. The zero-order valence-corrected chi connectivity index (χ0v) is 10.7. The Morgan fingerprint density at radius 3 is 2.65 bits per heavy atom. The molecule has 0 radical (unpaired) electrons. The minimum absolute atomic E-state index is 0.193. The van der Waals surface area contributed by atoms with E-state index in [0.717, 1.165) is 26.1 Å². The molecule has 1 aromatic rings. The van der Waals surface area contributed by atoms with Gasteiger partial charge in [-0.3, -0.25) is 0 Å². The van der Waals surface area contributed by atoms with Gasteiger partial charge in [0.2, 0.25) is 0 Å². The quantitative estimate of drug-likeness (QED) is 0.813. The van der Waals surface area contributed by atoms with Gasteiger partial charge in [-0.05, 0) is 50.1 Å². The molecule has 1 saturated heterocycles. The first kappa shape index (κ1) is 12.4. The lowest BCUT2D eigenvalue weighted by atomic mass is 10.1. The first-order valence-corrected chi connectivity index (χ1v) is 6.37. The maximum atomic E-state index is 9.50. The molecule has 2 rings (SSSR count). The van der Waals surface area contributed by atoms with E-state index in [1.54, 1.807) is 0 Å². The first-order chi connectivity index (χ1) is 8.20. The van der Waals surface area contributed by atoms with Gasteiger partial charge < -0.3 is 15.3 Å². The van der Waals surface area contributed by atoms with Crippen LogP contribution in [0, 0.1) is 13.8 Å². The van der Waals surface area contributed by atoms with Crippen molar-refractivity contribution in [3.8, 4) is 0 Å². The second kappa shape index (κ2) is 5.52. The summed E-state index contributed by atoms with van der Waals surface area (Å²) < 4.78 is 0. The molecular formula is C14H22N2O. The van der Waals surface area contributed by atoms with E-state index >= 15 is 0 Å². The van der Waals surface area contributed by atoms with Gasteiger partial charge in [-0.25, -0.2) is 0 Å². The number of aliphatic hydroxyl groups is 1. The average Bonchev–Trinajstić information content (AvgIpc) is 2.52. The molecule has 1 aliphatic heterocycles. The Hall–Kier alpha value is -1.06. The van der Waals surface area contributed by atoms with Gasteiger partial charge in [0, 0.05) is 18.8 Å². The van der Waals surface area contributed by atoms with Crippen LogP contribution in [0.4, 0.5) is 5.69 Å². The molecule has 0 bridgehead atoms. The van der Waals surface area contributed by atoms with Crippen LogP contribution >= 0.6 is 0 Å². The van der Waals surface area contributed by atoms with Gasteiger partial charge in [-0.2, -0.15) is 0 Å². The minimum atomic E-state index is 0.193. The molecule has 1 heterocycles. The molecule has 3 heteroatoms. The molecule has 1 aromatic carbocycles. The molecule has 17 heavy (non-hydrogen) atoms. The SMILES string of the molecule is Cc1cc(C)cc(N2CCCNCC2CO)c1. The first-order valence-electron chi connectivity index (χ1n) is 6.37. The third-order valence-corrected chi connectivity index (χ3v) is 3.32. The molecule has 0 aliphatic carbocycles. The van der Waals surface area contributed by atoms with Crippen molar-refractivity contribution in [1.82, 2.24) is 5.32 Å². The number of nitrogens with zero attached hydrogens (tertiary/aromatic N) is 1. The van der Waals surface area contributed by atoms with Crippen molar-refractivity contribution >= 4 is 5.69 Å². The number of aryl methyl sites for hydroxylation is 2. The fraction of sp³-hybridized carbons (Fsp3) is 0.571. The van der Waals surface area contributed by atoms with Crippen molar-refractivity contribution in [2.24, 2.45) is 0 Å². The van der Waals surface area contributed by atoms with Gasteiger partial charge in [0.25, 0.3) is 0 Å². The van der Waals surface area contributed by atoms with Crippen molar-refractivity contribution in [1.29, 1.82) is 0 Å². The van der Waals surface area contributed by atoms with Gasteiger partial charge >= 0.3 is 0 Å². The van der Waals surface area contributed by atoms with E-state index < -0.39 is 0 Å². The third-order valence-electron chi connectivity index (χ3n) is 3.32. The number of anilines is 1. The predicted molar refractivity (Wildman–Crippen MR) is 71.6 cm³/mol. The lowest BCUT2D eigenvalue weighted by molar-refractivity contribution is 0.260. The van der Waals surface area contributed by atoms with Crippen LogP contribution in [0.15, 0.2) is 18.2 Å². The van der Waals surface area contributed by atoms with Crippen LogP contribution in [0.5, 0.6) is 0 Å². The van der Waals surface area contributed by atoms with Crippen molar-refractivity contribution in [2.75, 3.05) is 31.1 Å². The van der Waals surface area contributed by atoms with Crippen LogP contribution in [0.3, 0.4) is 0 Å². The maximum Gasteiger partial charge on any atom is 0.0647 e. The van der Waals surface area contributed by atoms with Gasteiger partial charge in [0.1, 0.15) is 0 Å². The van der Waals surface area contributed by atoms with Crippen LogP contribution in [0.2, 0.25) is 0 Å². The van der Waals surface area contributed by atoms with Crippen LogP contribution in [0.1, 0.15) is 17.5 Å². The number of nitrogens with one attached hydrogen (secondary N) is 1. The van der Waals surface area contributed by atoms with Crippen LogP contribution in [-0.4, -0.2) is 37.4 Å². The number of hydrogen-bond acceptors (Lipinski definition) is 3. The van der Waals surface area contributed by atoms with E-state index in [1.807, 2.05) is 0 Å². The van der Waals surface area contributed by atoms with E-state index in [4.69, 9.17) is 0 Å². The van der Waals surface area contributed by atoms with Crippen molar-refractivity contribution in [3.63, 3.8) is 0 Å². The Bertz CT molecular complexity index is 358. The van der Waals surface area contributed by atoms with Gasteiger partial charge in [-0.15, -0.1) is 0 Å². The van der Waals surface area contributed by atoms with Crippen LogP contribution in [0.25, 0.3) is 0 Å². The molecule has 3 nitrogen and oxygen atoms in total. The van der Waals surface area contributed by atoms with Crippen molar-refractivity contribution in [2.45, 2.75) is 26.3 Å². The summed E-state index contributed by atoms with van der Waals surface area (Å²) in [6.07, 6.45) is 1.13. The molecule has 0 saturated carbocycles. The van der Waals surface area contributed by atoms with Gasteiger partial charge in [-0.1, -0.05) is 6.07 Å². The fourth-order valence-electron chi connectivity index (χ4n) is 2.56. The molecule has 1 unspecified atom stereocenters. The summed E-state index contributed by atoms with van der Waals surface area (Å²) in [5.41, 5.74) is 3.81. The standard InChI is InChI=1S/C14H22N2O/c1-11-6-12(2)8-13(7-11)16-5-3-4-15-9-14(16)10-17/h6-8,14-15,17H,3-5,9-10H2,1-2H3. The highest BCUT2D eigenvalue weighted by Crippen LogP contribution is 2.22. The summed E-state index contributed by atoms with van der Waals surface area (Å²) in [5, 5.41) is 12.9. The highest BCUT2D eigenvalue weighted by Gasteiger charge is 2.20. The maximum absolute atomic E-state index is 9.50. The summed E-state index contributed by atoms with van der Waals surface area (Å²) in [6.45, 7) is 7.38. The average molecular weight is 234 g/mol. The molecule has 0 amide bonds. The largest absolute Gasteiger partial charge is 0.394 e. The van der Waals surface area contributed by atoms with Gasteiger partial charge in [0.15, 0.2) is 0 Å². The summed E-state index contributed by atoms with van der Waals surface area (Å²) in [4.78, 5) is 2.33. The smallest absolute Gasteiger partial charge is 0.0647 e. The van der Waals surface area contributed by atoms with Crippen molar-refractivity contribution < 1.29 is 5.11 Å². The van der Waals surface area contributed by atoms with E-state index in [9.17, 15) is 5.11 Å². The van der Waals surface area contributed by atoms with Crippen LogP contribution < -0.4 is 10.2 Å². The Kier molecular flexibility index (Phi) is 4.02. The summed E-state index contributed by atoms with van der Waals surface area (Å²) >= 11 is 0. The number of benzene rings is 1. The molecular weight excluding hydrogens is 212 g/mol. The van der Waals surface area contributed by atoms with Gasteiger partial charge in [0.05, 0.1) is 12.6 Å². The molecule has 0 spiro atoms. The number of hydrogen-bond donors (Lipinski definition) is 2. The second-order valence-electron chi connectivity index (χ2n) is 4.93. The Labute approximate surface area is 103 Å². The second-order valence-corrected chi connectivity index (χ2v) is 4.93. The Morgan fingerprint density at radius 2 is 2.00 bits per heavy atom. The highest BCUT2D eigenvalue weighted by atomic mass is 16.3. The normalized spacial score (nSPS) is 21.4. The molecule has 1 fully saturated rings. The number of aliphatic hydroxyl groups excluding tert-OH is 1.